The zero-order chi connectivity index (χ0) is 23.1. The molecule has 2 aromatic carbocycles. The first kappa shape index (κ1) is 20.7. The van der Waals surface area contributed by atoms with Crippen molar-refractivity contribution in [2.24, 2.45) is 0 Å². The number of hydrogen-bond donors (Lipinski definition) is 1. The molecule has 166 valence electrons. The van der Waals surface area contributed by atoms with Crippen LogP contribution < -0.4 is 10.2 Å². The van der Waals surface area contributed by atoms with E-state index in [1.165, 1.54) is 19.1 Å². The molecule has 2 atom stereocenters. The number of hydrogen-bond acceptors (Lipinski definition) is 6. The van der Waals surface area contributed by atoms with Crippen molar-refractivity contribution in [2.45, 2.75) is 31.7 Å². The van der Waals surface area contributed by atoms with Crippen LogP contribution in [-0.2, 0) is 9.59 Å². The number of amides is 1. The van der Waals surface area contributed by atoms with E-state index in [0.29, 0.717) is 34.6 Å². The van der Waals surface area contributed by atoms with E-state index < -0.39 is 11.0 Å². The molecule has 0 spiro atoms. The Morgan fingerprint density at radius 2 is 1.94 bits per heavy atom. The predicted octanol–water partition coefficient (Wildman–Crippen LogP) is 5.11. The van der Waals surface area contributed by atoms with Crippen molar-refractivity contribution in [3.05, 3.63) is 99.6 Å². The van der Waals surface area contributed by atoms with Crippen LogP contribution in [0.2, 0.25) is 0 Å². The van der Waals surface area contributed by atoms with Crippen LogP contribution in [0.4, 0.5) is 17.1 Å². The van der Waals surface area contributed by atoms with Gasteiger partial charge in [0.05, 0.1) is 28.6 Å². The van der Waals surface area contributed by atoms with Gasteiger partial charge < -0.3 is 9.73 Å². The van der Waals surface area contributed by atoms with E-state index in [1.807, 2.05) is 24.3 Å². The molecule has 5 rings (SSSR count). The lowest BCUT2D eigenvalue weighted by molar-refractivity contribution is -0.384. The van der Waals surface area contributed by atoms with Gasteiger partial charge in [0.15, 0.2) is 5.78 Å². The second kappa shape index (κ2) is 8.05. The van der Waals surface area contributed by atoms with E-state index in [2.05, 4.69) is 5.32 Å². The summed E-state index contributed by atoms with van der Waals surface area (Å²) in [6.45, 7) is 1.44. The van der Waals surface area contributed by atoms with Crippen LogP contribution in [0.25, 0.3) is 0 Å². The first-order chi connectivity index (χ1) is 15.9. The van der Waals surface area contributed by atoms with Gasteiger partial charge in [-0.2, -0.15) is 0 Å². The van der Waals surface area contributed by atoms with E-state index in [-0.39, 0.29) is 29.7 Å². The molecular formula is C25H21N3O5. The van der Waals surface area contributed by atoms with Gasteiger partial charge in [0.1, 0.15) is 5.76 Å². The molecule has 0 bridgehead atoms. The number of non-ortho nitro benzene ring substituents is 1. The number of benzene rings is 2. The molecule has 33 heavy (non-hydrogen) atoms. The number of allylic oxidation sites excluding steroid dienone is 1. The lowest BCUT2D eigenvalue weighted by Gasteiger charge is -2.34. The Morgan fingerprint density at radius 1 is 1.12 bits per heavy atom. The highest BCUT2D eigenvalue weighted by atomic mass is 16.6. The summed E-state index contributed by atoms with van der Waals surface area (Å²) in [6.07, 6.45) is 2.32. The minimum Gasteiger partial charge on any atom is -0.469 e. The minimum atomic E-state index is -0.793. The fourth-order valence-corrected chi connectivity index (χ4v) is 4.79. The van der Waals surface area contributed by atoms with E-state index in [4.69, 9.17) is 4.42 Å². The van der Waals surface area contributed by atoms with Gasteiger partial charge in [-0.1, -0.05) is 24.3 Å². The lowest BCUT2D eigenvalue weighted by Crippen LogP contribution is -2.37. The highest BCUT2D eigenvalue weighted by Gasteiger charge is 2.41. The number of anilines is 2. The van der Waals surface area contributed by atoms with Crippen LogP contribution in [0.5, 0.6) is 0 Å². The maximum absolute atomic E-state index is 13.6. The van der Waals surface area contributed by atoms with Crippen LogP contribution >= 0.6 is 0 Å². The van der Waals surface area contributed by atoms with Crippen LogP contribution in [0, 0.1) is 10.1 Å². The summed E-state index contributed by atoms with van der Waals surface area (Å²) in [7, 11) is 0. The normalized spacial score (nSPS) is 19.9. The van der Waals surface area contributed by atoms with Gasteiger partial charge in [0, 0.05) is 42.7 Å². The molecular weight excluding hydrogens is 422 g/mol. The van der Waals surface area contributed by atoms with Crippen molar-refractivity contribution >= 4 is 28.8 Å². The molecule has 2 aliphatic rings. The van der Waals surface area contributed by atoms with Gasteiger partial charge in [0.25, 0.3) is 5.69 Å². The zero-order valence-electron chi connectivity index (χ0n) is 17.9. The molecule has 1 N–H and O–H groups in total. The first-order valence-corrected chi connectivity index (χ1v) is 10.6. The molecule has 2 heterocycles. The van der Waals surface area contributed by atoms with Crippen LogP contribution in [0.15, 0.2) is 82.6 Å². The number of ketones is 1. The predicted molar refractivity (Wildman–Crippen MR) is 122 cm³/mol. The number of carbonyl (C=O) groups is 2. The highest BCUT2D eigenvalue weighted by Crippen LogP contribution is 2.47. The highest BCUT2D eigenvalue weighted by molar-refractivity contribution is 6.06. The fraction of sp³-hybridized carbons (Fsp3) is 0.200. The van der Waals surface area contributed by atoms with E-state index in [0.717, 1.165) is 5.76 Å². The van der Waals surface area contributed by atoms with Gasteiger partial charge in [-0.15, -0.1) is 0 Å². The molecule has 1 amide bonds. The molecule has 8 heteroatoms. The second-order valence-electron chi connectivity index (χ2n) is 8.22. The van der Waals surface area contributed by atoms with Gasteiger partial charge in [-0.3, -0.25) is 24.6 Å². The number of fused-ring (bicyclic) bond motifs is 1. The zero-order valence-corrected chi connectivity index (χ0v) is 17.9. The van der Waals surface area contributed by atoms with Gasteiger partial charge in [0.2, 0.25) is 5.91 Å². The van der Waals surface area contributed by atoms with Gasteiger partial charge in [-0.25, -0.2) is 0 Å². The molecule has 8 nitrogen and oxygen atoms in total. The van der Waals surface area contributed by atoms with Crippen LogP contribution in [-0.4, -0.2) is 16.6 Å². The van der Waals surface area contributed by atoms with E-state index >= 15 is 0 Å². The lowest BCUT2D eigenvalue weighted by atomic mass is 9.80. The smallest absolute Gasteiger partial charge is 0.269 e. The number of Topliss-reactive ketones (excluding diaryl/α,β-unsaturated/α-hetero) is 1. The molecule has 1 aromatic heterocycles. The van der Waals surface area contributed by atoms with Gasteiger partial charge >= 0.3 is 0 Å². The third-order valence-electron chi connectivity index (χ3n) is 6.17. The summed E-state index contributed by atoms with van der Waals surface area (Å²) in [5.41, 5.74) is 2.86. The summed E-state index contributed by atoms with van der Waals surface area (Å²) >= 11 is 0. The number of nitrogens with one attached hydrogen (secondary N) is 1. The molecule has 3 aromatic rings. The number of furan rings is 1. The molecule has 1 aliphatic carbocycles. The first-order valence-electron chi connectivity index (χ1n) is 10.6. The maximum atomic E-state index is 13.6. The summed E-state index contributed by atoms with van der Waals surface area (Å²) in [4.78, 5) is 39.1. The molecule has 0 radical (unpaired) electrons. The summed E-state index contributed by atoms with van der Waals surface area (Å²) < 4.78 is 5.57. The molecule has 0 unspecified atom stereocenters. The van der Waals surface area contributed by atoms with Crippen molar-refractivity contribution in [3.8, 4) is 0 Å². The van der Waals surface area contributed by atoms with E-state index in [9.17, 15) is 19.7 Å². The van der Waals surface area contributed by atoms with Gasteiger partial charge in [-0.05, 0) is 36.2 Å². The van der Waals surface area contributed by atoms with Crippen molar-refractivity contribution in [1.29, 1.82) is 0 Å². The Labute approximate surface area is 189 Å². The van der Waals surface area contributed by atoms with Crippen LogP contribution in [0.3, 0.4) is 0 Å². The Hall–Kier alpha value is -4.20. The number of rotatable bonds is 3. The molecule has 0 saturated carbocycles. The van der Waals surface area contributed by atoms with E-state index in [1.54, 1.807) is 35.4 Å². The topological polar surface area (TPSA) is 106 Å². The number of para-hydroxylation sites is 2. The SMILES string of the molecule is CC(=O)N1c2ccccc2NC2=C(C(=O)C[C@@H](c3ccco3)C2)[C@H]1c1cccc([N+](=O)[O-])c1. The fourth-order valence-electron chi connectivity index (χ4n) is 4.79. The molecule has 0 fully saturated rings. The third kappa shape index (κ3) is 3.59. The van der Waals surface area contributed by atoms with Crippen molar-refractivity contribution < 1.29 is 18.9 Å². The van der Waals surface area contributed by atoms with Crippen molar-refractivity contribution in [1.82, 2.24) is 0 Å². The Kier molecular flexibility index (Phi) is 5.05. The quantitative estimate of drug-likeness (QED) is 0.445. The minimum absolute atomic E-state index is 0.0969. The standard InChI is InChI=1S/C25H21N3O5/c1-15(29)27-21-9-3-2-8-19(21)26-20-13-17(23-10-5-11-33-23)14-22(30)24(20)25(27)16-6-4-7-18(12-16)28(31)32/h2-12,17,25-26H,13-14H2,1H3/t17-,25+/m0/s1. The Morgan fingerprint density at radius 3 is 2.67 bits per heavy atom. The summed E-state index contributed by atoms with van der Waals surface area (Å²) in [6, 6.07) is 16.3. The van der Waals surface area contributed by atoms with Crippen molar-refractivity contribution in [2.75, 3.05) is 10.2 Å². The van der Waals surface area contributed by atoms with Crippen molar-refractivity contribution in [3.63, 3.8) is 0 Å². The second-order valence-corrected chi connectivity index (χ2v) is 8.22. The number of nitro groups is 1. The average Bonchev–Trinajstić information content (AvgIpc) is 3.28. The number of nitro benzene ring substituents is 1. The Bertz CT molecular complexity index is 1290. The number of nitrogens with zero attached hydrogens (tertiary/aromatic N) is 2. The summed E-state index contributed by atoms with van der Waals surface area (Å²) in [5, 5.41) is 14.9. The monoisotopic (exact) mass is 443 g/mol. The maximum Gasteiger partial charge on any atom is 0.269 e. The third-order valence-corrected chi connectivity index (χ3v) is 6.17. The molecule has 0 saturated heterocycles. The Balaban J connectivity index is 1.73. The van der Waals surface area contributed by atoms with Crippen LogP contribution in [0.1, 0.15) is 43.0 Å². The average molecular weight is 443 g/mol. The molecule has 1 aliphatic heterocycles. The largest absolute Gasteiger partial charge is 0.469 e. The number of carbonyl (C=O) groups excluding carboxylic acids is 2. The summed E-state index contributed by atoms with van der Waals surface area (Å²) in [5.74, 6) is 0.196.